The third kappa shape index (κ3) is 2.93. The molecule has 0 saturated heterocycles. The summed E-state index contributed by atoms with van der Waals surface area (Å²) < 4.78 is 26.4. The lowest BCUT2D eigenvalue weighted by molar-refractivity contribution is -0.112. The summed E-state index contributed by atoms with van der Waals surface area (Å²) in [5.74, 6) is -2.93. The number of carbonyl (C=O) groups is 2. The van der Waals surface area contributed by atoms with Crippen molar-refractivity contribution in [1.82, 2.24) is 4.98 Å². The number of anilines is 1. The quantitative estimate of drug-likeness (QED) is 0.563. The fourth-order valence-electron chi connectivity index (χ4n) is 2.16. The molecule has 0 aliphatic carbocycles. The van der Waals surface area contributed by atoms with Crippen LogP contribution in [0.4, 0.5) is 14.5 Å². The molecule has 0 saturated carbocycles. The number of hydrogen-bond acceptors (Lipinski definition) is 2. The molecule has 23 heavy (non-hydrogen) atoms. The van der Waals surface area contributed by atoms with Crippen LogP contribution in [0.2, 0.25) is 5.02 Å². The normalized spacial score (nSPS) is 10.7. The first kappa shape index (κ1) is 15.2. The second-order valence-electron chi connectivity index (χ2n) is 4.80. The molecule has 0 radical (unpaired) electrons. The van der Waals surface area contributed by atoms with Crippen molar-refractivity contribution in [2.24, 2.45) is 0 Å². The minimum atomic E-state index is -0.933. The molecule has 116 valence electrons. The Morgan fingerprint density at radius 1 is 1.09 bits per heavy atom. The van der Waals surface area contributed by atoms with Crippen LogP contribution in [0.3, 0.4) is 0 Å². The Labute approximate surface area is 134 Å². The Bertz CT molecular complexity index is 937. The van der Waals surface area contributed by atoms with E-state index >= 15 is 0 Å². The number of rotatable bonds is 3. The summed E-state index contributed by atoms with van der Waals surface area (Å²) in [6.45, 7) is 0. The SMILES string of the molecule is O=C(Nc1ccc(F)c(Cl)c1)C(=O)c1c[nH]c2ccc(F)cc12. The van der Waals surface area contributed by atoms with Gasteiger partial charge < -0.3 is 10.3 Å². The second kappa shape index (κ2) is 5.81. The van der Waals surface area contributed by atoms with Gasteiger partial charge in [0.2, 0.25) is 0 Å². The van der Waals surface area contributed by atoms with Crippen molar-refractivity contribution < 1.29 is 18.4 Å². The molecule has 1 amide bonds. The van der Waals surface area contributed by atoms with Crippen LogP contribution in [0.1, 0.15) is 10.4 Å². The zero-order valence-corrected chi connectivity index (χ0v) is 12.2. The van der Waals surface area contributed by atoms with E-state index in [2.05, 4.69) is 10.3 Å². The van der Waals surface area contributed by atoms with Gasteiger partial charge in [-0.25, -0.2) is 8.78 Å². The van der Waals surface area contributed by atoms with Crippen LogP contribution in [0.25, 0.3) is 10.9 Å². The summed E-state index contributed by atoms with van der Waals surface area (Å²) >= 11 is 5.61. The van der Waals surface area contributed by atoms with Crippen molar-refractivity contribution in [3.05, 3.63) is 64.8 Å². The first-order valence-electron chi connectivity index (χ1n) is 6.53. The van der Waals surface area contributed by atoms with Crippen molar-refractivity contribution >= 4 is 39.9 Å². The Morgan fingerprint density at radius 2 is 1.87 bits per heavy atom. The summed E-state index contributed by atoms with van der Waals surface area (Å²) in [5.41, 5.74) is 0.762. The maximum Gasteiger partial charge on any atom is 0.296 e. The van der Waals surface area contributed by atoms with E-state index < -0.39 is 23.3 Å². The molecule has 3 aromatic rings. The highest BCUT2D eigenvalue weighted by atomic mass is 35.5. The van der Waals surface area contributed by atoms with Gasteiger partial charge in [0.15, 0.2) is 0 Å². The number of benzene rings is 2. The van der Waals surface area contributed by atoms with Gasteiger partial charge in [-0.2, -0.15) is 0 Å². The van der Waals surface area contributed by atoms with Gasteiger partial charge in [-0.1, -0.05) is 11.6 Å². The van der Waals surface area contributed by atoms with Gasteiger partial charge in [0.05, 0.1) is 10.6 Å². The van der Waals surface area contributed by atoms with Crippen LogP contribution in [0, 0.1) is 11.6 Å². The van der Waals surface area contributed by atoms with Crippen LogP contribution in [0.5, 0.6) is 0 Å². The number of carbonyl (C=O) groups excluding carboxylic acids is 2. The summed E-state index contributed by atoms with van der Waals surface area (Å²) in [4.78, 5) is 27.0. The van der Waals surface area contributed by atoms with Gasteiger partial charge in [-0.15, -0.1) is 0 Å². The number of ketones is 1. The molecule has 0 aliphatic rings. The number of Topliss-reactive ketones (excluding diaryl/α,β-unsaturated/α-hetero) is 1. The van der Waals surface area contributed by atoms with E-state index in [0.29, 0.717) is 10.9 Å². The van der Waals surface area contributed by atoms with E-state index in [-0.39, 0.29) is 16.3 Å². The maximum atomic E-state index is 13.3. The smallest absolute Gasteiger partial charge is 0.296 e. The Morgan fingerprint density at radius 3 is 2.61 bits per heavy atom. The molecular formula is C16H9ClF2N2O2. The standard InChI is InChI=1S/C16H9ClF2N2O2/c17-12-6-9(2-3-13(12)19)21-16(23)15(22)11-7-20-14-4-1-8(18)5-10(11)14/h1-7,20H,(H,21,23). The molecule has 0 unspecified atom stereocenters. The fraction of sp³-hybridized carbons (Fsp3) is 0. The number of aromatic nitrogens is 1. The minimum Gasteiger partial charge on any atom is -0.360 e. The third-order valence-corrected chi connectivity index (χ3v) is 3.56. The van der Waals surface area contributed by atoms with Crippen LogP contribution < -0.4 is 5.32 Å². The number of fused-ring (bicyclic) bond motifs is 1. The molecule has 1 aromatic heterocycles. The zero-order valence-electron chi connectivity index (χ0n) is 11.5. The first-order valence-corrected chi connectivity index (χ1v) is 6.91. The van der Waals surface area contributed by atoms with E-state index in [0.717, 1.165) is 6.07 Å². The van der Waals surface area contributed by atoms with Crippen molar-refractivity contribution in [1.29, 1.82) is 0 Å². The van der Waals surface area contributed by atoms with Crippen molar-refractivity contribution in [2.75, 3.05) is 5.32 Å². The predicted molar refractivity (Wildman–Crippen MR) is 82.6 cm³/mol. The average molecular weight is 335 g/mol. The van der Waals surface area contributed by atoms with Gasteiger partial charge in [-0.3, -0.25) is 9.59 Å². The molecule has 4 nitrogen and oxygen atoms in total. The molecular weight excluding hydrogens is 326 g/mol. The number of hydrogen-bond donors (Lipinski definition) is 2. The molecule has 1 heterocycles. The lowest BCUT2D eigenvalue weighted by Crippen LogP contribution is -2.22. The Kier molecular flexibility index (Phi) is 3.83. The largest absolute Gasteiger partial charge is 0.360 e. The fourth-order valence-corrected chi connectivity index (χ4v) is 2.35. The monoisotopic (exact) mass is 334 g/mol. The van der Waals surface area contributed by atoms with E-state index in [1.807, 2.05) is 0 Å². The van der Waals surface area contributed by atoms with Gasteiger partial charge >= 0.3 is 0 Å². The highest BCUT2D eigenvalue weighted by Gasteiger charge is 2.20. The van der Waals surface area contributed by atoms with Crippen LogP contribution >= 0.6 is 11.6 Å². The van der Waals surface area contributed by atoms with Gasteiger partial charge in [0.1, 0.15) is 11.6 Å². The van der Waals surface area contributed by atoms with Crippen LogP contribution in [-0.2, 0) is 4.79 Å². The van der Waals surface area contributed by atoms with Crippen LogP contribution in [0.15, 0.2) is 42.6 Å². The van der Waals surface area contributed by atoms with Gasteiger partial charge in [0.25, 0.3) is 11.7 Å². The molecule has 0 fully saturated rings. The number of nitrogens with one attached hydrogen (secondary N) is 2. The van der Waals surface area contributed by atoms with E-state index in [1.54, 1.807) is 0 Å². The minimum absolute atomic E-state index is 0.0465. The number of H-pyrrole nitrogens is 1. The van der Waals surface area contributed by atoms with Crippen molar-refractivity contribution in [2.45, 2.75) is 0 Å². The topological polar surface area (TPSA) is 62.0 Å². The molecule has 7 heteroatoms. The zero-order chi connectivity index (χ0) is 16.6. The van der Waals surface area contributed by atoms with E-state index in [4.69, 9.17) is 11.6 Å². The lowest BCUT2D eigenvalue weighted by Gasteiger charge is -2.05. The maximum absolute atomic E-state index is 13.3. The third-order valence-electron chi connectivity index (χ3n) is 3.27. The Hall–Kier alpha value is -2.73. The lowest BCUT2D eigenvalue weighted by atomic mass is 10.1. The number of amides is 1. The molecule has 0 aliphatic heterocycles. The molecule has 3 rings (SSSR count). The molecule has 2 aromatic carbocycles. The first-order chi connectivity index (χ1) is 11.0. The molecule has 0 bridgehead atoms. The Balaban J connectivity index is 1.87. The summed E-state index contributed by atoms with van der Waals surface area (Å²) in [6, 6.07) is 7.43. The van der Waals surface area contributed by atoms with Gasteiger partial charge in [0, 0.05) is 22.8 Å². The number of aromatic amines is 1. The summed E-state index contributed by atoms with van der Waals surface area (Å²) in [7, 11) is 0. The molecule has 2 N–H and O–H groups in total. The van der Waals surface area contributed by atoms with Gasteiger partial charge in [-0.05, 0) is 36.4 Å². The predicted octanol–water partition coefficient (Wildman–Crippen LogP) is 3.92. The van der Waals surface area contributed by atoms with Crippen molar-refractivity contribution in [3.63, 3.8) is 0 Å². The molecule has 0 atom stereocenters. The summed E-state index contributed by atoms with van der Waals surface area (Å²) in [5, 5.41) is 2.46. The second-order valence-corrected chi connectivity index (χ2v) is 5.21. The highest BCUT2D eigenvalue weighted by Crippen LogP contribution is 2.22. The average Bonchev–Trinajstić information content (AvgIpc) is 2.93. The van der Waals surface area contributed by atoms with E-state index in [1.165, 1.54) is 36.5 Å². The highest BCUT2D eigenvalue weighted by molar-refractivity contribution is 6.48. The van der Waals surface area contributed by atoms with Crippen molar-refractivity contribution in [3.8, 4) is 0 Å². The number of halogens is 3. The molecule has 0 spiro atoms. The van der Waals surface area contributed by atoms with Crippen LogP contribution in [-0.4, -0.2) is 16.7 Å². The van der Waals surface area contributed by atoms with E-state index in [9.17, 15) is 18.4 Å². The summed E-state index contributed by atoms with van der Waals surface area (Å²) in [6.07, 6.45) is 1.34.